The Hall–Kier alpha value is 0.220. The first-order valence-corrected chi connectivity index (χ1v) is 6.77. The molecule has 0 saturated carbocycles. The minimum Gasteiger partial charge on any atom is -0.222 e. The summed E-state index contributed by atoms with van der Waals surface area (Å²) in [5, 5.41) is 0. The van der Waals surface area contributed by atoms with E-state index in [0.29, 0.717) is 0 Å². The molecule has 0 aromatic rings. The molecule has 4 nitrogen and oxygen atoms in total. The predicted octanol–water partition coefficient (Wildman–Crippen LogP) is -3.17. The monoisotopic (exact) mass is 228 g/mol. The van der Waals surface area contributed by atoms with Gasteiger partial charge in [-0.3, -0.25) is 0 Å². The van der Waals surface area contributed by atoms with Crippen molar-refractivity contribution in [2.75, 3.05) is 17.3 Å². The molecule has 0 N–H and O–H groups in total. The zero-order chi connectivity index (χ0) is 10.3. The molecule has 0 aromatic heterocycles. The number of rotatable bonds is 2. The fourth-order valence-electron chi connectivity index (χ4n) is 1.05. The van der Waals surface area contributed by atoms with Crippen LogP contribution in [-0.4, -0.2) is 17.3 Å². The molecule has 0 spiro atoms. The van der Waals surface area contributed by atoms with E-state index in [9.17, 15) is 0 Å². The van der Waals surface area contributed by atoms with E-state index in [0.717, 1.165) is 10.9 Å². The third kappa shape index (κ3) is 12.2. The Bertz CT molecular complexity index is 136. The lowest BCUT2D eigenvalue weighted by Crippen LogP contribution is -2.68. The highest BCUT2D eigenvalue weighted by molar-refractivity contribution is 7.97. The molecule has 1 aliphatic rings. The zero-order valence-corrected chi connectivity index (χ0v) is 8.81. The molecule has 0 atom stereocenters. The first-order valence-electron chi connectivity index (χ1n) is 3.80. The van der Waals surface area contributed by atoms with Gasteiger partial charge in [0.2, 0.25) is 0 Å². The Balaban J connectivity index is 0.000000252. The molecule has 1 aliphatic heterocycles. The van der Waals surface area contributed by atoms with Gasteiger partial charge in [-0.25, -0.2) is 18.6 Å². The highest BCUT2D eigenvalue weighted by atomic mass is 35.7. The lowest BCUT2D eigenvalue weighted by atomic mass is 10.4. The van der Waals surface area contributed by atoms with Crippen LogP contribution in [0.1, 0.15) is 12.8 Å². The number of hydrogen-bond donors (Lipinski definition) is 0. The predicted molar refractivity (Wildman–Crippen MR) is 41.4 cm³/mol. The maximum absolute atomic E-state index is 8.49. The van der Waals surface area contributed by atoms with E-state index in [4.69, 9.17) is 18.6 Å². The van der Waals surface area contributed by atoms with Crippen molar-refractivity contribution >= 4 is 10.9 Å². The average molecular weight is 229 g/mol. The van der Waals surface area contributed by atoms with Gasteiger partial charge in [0.1, 0.15) is 17.3 Å². The van der Waals surface area contributed by atoms with Gasteiger partial charge >= 0.3 is 0 Å². The number of hydrogen-bond acceptors (Lipinski definition) is 4. The van der Waals surface area contributed by atoms with Crippen molar-refractivity contribution in [1.29, 1.82) is 0 Å². The van der Waals surface area contributed by atoms with E-state index in [1.165, 1.54) is 30.1 Å². The summed E-state index contributed by atoms with van der Waals surface area (Å²) < 4.78 is 34.0. The largest absolute Gasteiger partial charge is 0.222 e. The second-order valence-corrected chi connectivity index (χ2v) is 5.69. The smallest absolute Gasteiger partial charge is 0.126 e. The minimum absolute atomic E-state index is 0.755. The Labute approximate surface area is 83.0 Å². The first kappa shape index (κ1) is 13.2. The highest BCUT2D eigenvalue weighted by Crippen LogP contribution is 2.12. The Kier molecular flexibility index (Phi) is 6.75. The Morgan fingerprint density at radius 3 is 1.85 bits per heavy atom. The molecule has 0 unspecified atom stereocenters. The Morgan fingerprint density at radius 1 is 1.15 bits per heavy atom. The van der Waals surface area contributed by atoms with Crippen molar-refractivity contribution in [1.82, 2.24) is 0 Å². The van der Waals surface area contributed by atoms with Crippen LogP contribution in [0.15, 0.2) is 12.7 Å². The summed E-state index contributed by atoms with van der Waals surface area (Å²) in [5.41, 5.74) is 0. The maximum atomic E-state index is 8.49. The summed E-state index contributed by atoms with van der Waals surface area (Å²) in [7, 11) is -4.19. The molecule has 78 valence electrons. The minimum atomic E-state index is -4.94. The molecule has 6 heteroatoms. The van der Waals surface area contributed by atoms with Gasteiger partial charge in [-0.15, -0.1) is 10.2 Å². The summed E-state index contributed by atoms with van der Waals surface area (Å²) in [4.78, 5) is 0. The molecule has 0 aromatic carbocycles. The van der Waals surface area contributed by atoms with Crippen molar-refractivity contribution in [2.24, 2.45) is 0 Å². The molecule has 1 saturated heterocycles. The van der Waals surface area contributed by atoms with E-state index < -0.39 is 10.2 Å². The van der Waals surface area contributed by atoms with Crippen molar-refractivity contribution in [3.63, 3.8) is 0 Å². The zero-order valence-electron chi connectivity index (χ0n) is 7.24. The van der Waals surface area contributed by atoms with Gasteiger partial charge in [-0.2, -0.15) is 0 Å². The highest BCUT2D eigenvalue weighted by Gasteiger charge is 2.21. The molecule has 1 rings (SSSR count). The van der Waals surface area contributed by atoms with Crippen molar-refractivity contribution in [3.05, 3.63) is 12.7 Å². The van der Waals surface area contributed by atoms with Gasteiger partial charge in [-0.05, 0) is 29.8 Å². The fourth-order valence-corrected chi connectivity index (χ4v) is 3.14. The number of halogens is 1. The fraction of sp³-hybridized carbons (Fsp3) is 0.714. The molecule has 0 bridgehead atoms. The van der Waals surface area contributed by atoms with Crippen LogP contribution >= 0.6 is 0 Å². The van der Waals surface area contributed by atoms with Gasteiger partial charge in [0, 0.05) is 0 Å². The average Bonchev–Trinajstić information content (AvgIpc) is 2.36. The molecular formula is C7H13ClO4S. The van der Waals surface area contributed by atoms with Crippen LogP contribution in [-0.2, 0) is 10.9 Å². The topological polar surface area (TPSA) is 92.2 Å². The van der Waals surface area contributed by atoms with E-state index in [1.807, 2.05) is 0 Å². The van der Waals surface area contributed by atoms with Crippen molar-refractivity contribution in [3.8, 4) is 0 Å². The normalized spacial score (nSPS) is 17.8. The van der Waals surface area contributed by atoms with Gasteiger partial charge in [-0.1, -0.05) is 6.58 Å². The van der Waals surface area contributed by atoms with Gasteiger partial charge in [0.25, 0.3) is 0 Å². The Morgan fingerprint density at radius 2 is 1.54 bits per heavy atom. The van der Waals surface area contributed by atoms with Crippen LogP contribution in [0.2, 0.25) is 0 Å². The maximum Gasteiger partial charge on any atom is 0.126 e. The van der Waals surface area contributed by atoms with Gasteiger partial charge in [0.15, 0.2) is 0 Å². The standard InChI is InChI=1S/C7H13S.ClHO4/c1-2-5-8-6-3-4-7-8;2-1(3,4)5/h2H,1,3-7H2;(H,2,3,4,5)/q+1;/p-1. The second kappa shape index (κ2) is 6.64. The summed E-state index contributed by atoms with van der Waals surface area (Å²) in [5.74, 6) is 4.23. The van der Waals surface area contributed by atoms with Crippen LogP contribution in [0.25, 0.3) is 0 Å². The lowest BCUT2D eigenvalue weighted by molar-refractivity contribution is -2.00. The van der Waals surface area contributed by atoms with Crippen LogP contribution in [0.4, 0.5) is 0 Å². The molecule has 13 heavy (non-hydrogen) atoms. The summed E-state index contributed by atoms with van der Waals surface area (Å²) >= 11 is 0. The SMILES string of the molecule is C=CC[S+]1CCCC1.[O-][Cl+3]([O-])([O-])[O-]. The van der Waals surface area contributed by atoms with E-state index in [2.05, 4.69) is 12.7 Å². The van der Waals surface area contributed by atoms with Gasteiger partial charge in [0.05, 0.1) is 0 Å². The van der Waals surface area contributed by atoms with Crippen molar-refractivity contribution < 1.29 is 28.9 Å². The third-order valence-electron chi connectivity index (χ3n) is 1.47. The molecular weight excluding hydrogens is 216 g/mol. The molecule has 0 amide bonds. The third-order valence-corrected chi connectivity index (χ3v) is 3.91. The van der Waals surface area contributed by atoms with Crippen LogP contribution in [0.3, 0.4) is 0 Å². The molecule has 0 aliphatic carbocycles. The summed E-state index contributed by atoms with van der Waals surface area (Å²) in [6.07, 6.45) is 5.00. The second-order valence-electron chi connectivity index (χ2n) is 2.56. The summed E-state index contributed by atoms with van der Waals surface area (Å²) in [6, 6.07) is 0. The van der Waals surface area contributed by atoms with E-state index >= 15 is 0 Å². The first-order chi connectivity index (χ1) is 5.93. The van der Waals surface area contributed by atoms with E-state index in [-0.39, 0.29) is 0 Å². The molecule has 1 heterocycles. The van der Waals surface area contributed by atoms with Crippen molar-refractivity contribution in [2.45, 2.75) is 12.8 Å². The molecule has 0 radical (unpaired) electrons. The van der Waals surface area contributed by atoms with Crippen LogP contribution in [0, 0.1) is 10.2 Å². The van der Waals surface area contributed by atoms with Crippen LogP contribution in [0.5, 0.6) is 0 Å². The lowest BCUT2D eigenvalue weighted by Gasteiger charge is -2.17. The van der Waals surface area contributed by atoms with Gasteiger partial charge < -0.3 is 0 Å². The van der Waals surface area contributed by atoms with Crippen LogP contribution < -0.4 is 18.6 Å². The molecule has 1 fully saturated rings. The quantitative estimate of drug-likeness (QED) is 0.368. The van der Waals surface area contributed by atoms with E-state index in [1.54, 1.807) is 0 Å². The summed E-state index contributed by atoms with van der Waals surface area (Å²) in [6.45, 7) is 3.73.